The zero-order valence-corrected chi connectivity index (χ0v) is 14.7. The predicted molar refractivity (Wildman–Crippen MR) is 103 cm³/mol. The fourth-order valence-electron chi connectivity index (χ4n) is 2.85. The monoisotopic (exact) mass is 333 g/mol. The van der Waals surface area contributed by atoms with Crippen molar-refractivity contribution in [3.8, 4) is 5.75 Å². The Labute approximate surface area is 148 Å². The molecular weight excluding hydrogens is 310 g/mol. The Bertz CT molecular complexity index is 873. The van der Waals surface area contributed by atoms with Crippen LogP contribution in [0.3, 0.4) is 0 Å². The van der Waals surface area contributed by atoms with Gasteiger partial charge >= 0.3 is 0 Å². The predicted octanol–water partition coefficient (Wildman–Crippen LogP) is 5.37. The van der Waals surface area contributed by atoms with Gasteiger partial charge in [0.1, 0.15) is 5.75 Å². The number of para-hydroxylation sites is 1. The summed E-state index contributed by atoms with van der Waals surface area (Å²) in [7, 11) is 0. The number of ether oxygens (including phenoxy) is 1. The molecule has 3 heteroatoms. The highest BCUT2D eigenvalue weighted by Gasteiger charge is 2.11. The molecule has 3 aromatic rings. The second-order valence-corrected chi connectivity index (χ2v) is 6.24. The molecular formula is C22H23NO2. The molecule has 0 fully saturated rings. The number of rotatable bonds is 6. The normalized spacial score (nSPS) is 11.9. The Hall–Kier alpha value is -2.81. The maximum absolute atomic E-state index is 12.3. The molecule has 3 aromatic carbocycles. The number of carbonyl (C=O) groups is 1. The molecule has 0 aromatic heterocycles. The number of hydrogen-bond acceptors (Lipinski definition) is 2. The van der Waals surface area contributed by atoms with Crippen molar-refractivity contribution in [1.82, 2.24) is 0 Å². The first-order valence-corrected chi connectivity index (χ1v) is 8.67. The third-order valence-electron chi connectivity index (χ3n) is 4.47. The highest BCUT2D eigenvalue weighted by Crippen LogP contribution is 2.26. The molecule has 128 valence electrons. The van der Waals surface area contributed by atoms with Gasteiger partial charge in [-0.05, 0) is 46.9 Å². The molecule has 3 rings (SSSR count). The SMILES string of the molecule is CCC(C)c1ccccc1NC(=O)COc1ccc2ccccc2c1. The van der Waals surface area contributed by atoms with E-state index in [0.29, 0.717) is 11.7 Å². The first-order valence-electron chi connectivity index (χ1n) is 8.67. The van der Waals surface area contributed by atoms with Gasteiger partial charge in [-0.25, -0.2) is 0 Å². The van der Waals surface area contributed by atoms with Gasteiger partial charge in [-0.15, -0.1) is 0 Å². The van der Waals surface area contributed by atoms with Gasteiger partial charge in [-0.3, -0.25) is 4.79 Å². The number of anilines is 1. The highest BCUT2D eigenvalue weighted by atomic mass is 16.5. The van der Waals surface area contributed by atoms with Crippen LogP contribution in [-0.4, -0.2) is 12.5 Å². The van der Waals surface area contributed by atoms with Crippen molar-refractivity contribution in [1.29, 1.82) is 0 Å². The number of fused-ring (bicyclic) bond motifs is 1. The van der Waals surface area contributed by atoms with E-state index in [0.717, 1.165) is 28.4 Å². The minimum absolute atomic E-state index is 0.00677. The molecule has 0 radical (unpaired) electrons. The lowest BCUT2D eigenvalue weighted by Gasteiger charge is -2.15. The number of benzene rings is 3. The average molecular weight is 333 g/mol. The summed E-state index contributed by atoms with van der Waals surface area (Å²) >= 11 is 0. The molecule has 1 amide bonds. The third-order valence-corrected chi connectivity index (χ3v) is 4.47. The van der Waals surface area contributed by atoms with Gasteiger partial charge in [0.15, 0.2) is 6.61 Å². The molecule has 1 unspecified atom stereocenters. The zero-order valence-electron chi connectivity index (χ0n) is 14.7. The van der Waals surface area contributed by atoms with E-state index in [2.05, 4.69) is 31.3 Å². The maximum atomic E-state index is 12.3. The Kier molecular flexibility index (Phi) is 5.34. The van der Waals surface area contributed by atoms with E-state index in [1.807, 2.05) is 54.6 Å². The molecule has 0 spiro atoms. The Morgan fingerprint density at radius 1 is 1.00 bits per heavy atom. The minimum Gasteiger partial charge on any atom is -0.484 e. The summed E-state index contributed by atoms with van der Waals surface area (Å²) < 4.78 is 5.66. The van der Waals surface area contributed by atoms with Crippen LogP contribution >= 0.6 is 0 Å². The number of amides is 1. The van der Waals surface area contributed by atoms with Crippen molar-refractivity contribution in [2.24, 2.45) is 0 Å². The quantitative estimate of drug-likeness (QED) is 0.658. The van der Waals surface area contributed by atoms with E-state index in [-0.39, 0.29) is 12.5 Å². The smallest absolute Gasteiger partial charge is 0.262 e. The molecule has 0 aliphatic carbocycles. The van der Waals surface area contributed by atoms with Crippen LogP contribution in [0.1, 0.15) is 31.7 Å². The summed E-state index contributed by atoms with van der Waals surface area (Å²) in [6.45, 7) is 4.30. The lowest BCUT2D eigenvalue weighted by Crippen LogP contribution is -2.21. The van der Waals surface area contributed by atoms with Crippen LogP contribution in [0.15, 0.2) is 66.7 Å². The fourth-order valence-corrected chi connectivity index (χ4v) is 2.85. The topological polar surface area (TPSA) is 38.3 Å². The highest BCUT2D eigenvalue weighted by molar-refractivity contribution is 5.93. The fraction of sp³-hybridized carbons (Fsp3) is 0.227. The van der Waals surface area contributed by atoms with Gasteiger partial charge in [0.05, 0.1) is 0 Å². The lowest BCUT2D eigenvalue weighted by molar-refractivity contribution is -0.118. The number of carbonyl (C=O) groups excluding carboxylic acids is 1. The van der Waals surface area contributed by atoms with Crippen LogP contribution in [0.4, 0.5) is 5.69 Å². The summed E-state index contributed by atoms with van der Waals surface area (Å²) in [5.41, 5.74) is 2.02. The molecule has 0 aliphatic heterocycles. The van der Waals surface area contributed by atoms with E-state index in [4.69, 9.17) is 4.74 Å². The number of nitrogens with one attached hydrogen (secondary N) is 1. The molecule has 1 N–H and O–H groups in total. The van der Waals surface area contributed by atoms with Crippen molar-refractivity contribution in [3.63, 3.8) is 0 Å². The average Bonchev–Trinajstić information content (AvgIpc) is 2.66. The largest absolute Gasteiger partial charge is 0.484 e. The molecule has 0 saturated carbocycles. The van der Waals surface area contributed by atoms with E-state index in [1.54, 1.807) is 0 Å². The van der Waals surface area contributed by atoms with Crippen LogP contribution in [0, 0.1) is 0 Å². The van der Waals surface area contributed by atoms with Crippen LogP contribution in [0.25, 0.3) is 10.8 Å². The molecule has 3 nitrogen and oxygen atoms in total. The van der Waals surface area contributed by atoms with Crippen molar-refractivity contribution < 1.29 is 9.53 Å². The summed E-state index contributed by atoms with van der Waals surface area (Å²) in [6.07, 6.45) is 1.03. The van der Waals surface area contributed by atoms with Gasteiger partial charge in [-0.2, -0.15) is 0 Å². The summed E-state index contributed by atoms with van der Waals surface area (Å²) in [6, 6.07) is 21.9. The minimum atomic E-state index is -0.149. The van der Waals surface area contributed by atoms with Crippen LogP contribution in [0.5, 0.6) is 5.75 Å². The van der Waals surface area contributed by atoms with Crippen molar-refractivity contribution >= 4 is 22.4 Å². The van der Waals surface area contributed by atoms with E-state index in [9.17, 15) is 4.79 Å². The van der Waals surface area contributed by atoms with E-state index >= 15 is 0 Å². The standard InChI is InChI=1S/C22H23NO2/c1-3-16(2)20-10-6-7-11-21(20)23-22(24)15-25-19-13-12-17-8-4-5-9-18(17)14-19/h4-14,16H,3,15H2,1-2H3,(H,23,24). The third kappa shape index (κ3) is 4.18. The molecule has 25 heavy (non-hydrogen) atoms. The second kappa shape index (κ2) is 7.84. The zero-order chi connectivity index (χ0) is 17.6. The van der Waals surface area contributed by atoms with Crippen molar-refractivity contribution in [2.45, 2.75) is 26.2 Å². The first-order chi connectivity index (χ1) is 12.2. The van der Waals surface area contributed by atoms with E-state index < -0.39 is 0 Å². The molecule has 0 heterocycles. The molecule has 0 saturated heterocycles. The van der Waals surface area contributed by atoms with Crippen LogP contribution in [-0.2, 0) is 4.79 Å². The Morgan fingerprint density at radius 2 is 1.72 bits per heavy atom. The molecule has 0 bridgehead atoms. The van der Waals surface area contributed by atoms with Crippen molar-refractivity contribution in [2.75, 3.05) is 11.9 Å². The summed E-state index contributed by atoms with van der Waals surface area (Å²) in [5, 5.41) is 5.22. The first kappa shape index (κ1) is 17.0. The second-order valence-electron chi connectivity index (χ2n) is 6.24. The van der Waals surface area contributed by atoms with Crippen LogP contribution in [0.2, 0.25) is 0 Å². The van der Waals surface area contributed by atoms with Gasteiger partial charge in [0, 0.05) is 5.69 Å². The Balaban J connectivity index is 1.65. The molecule has 0 aliphatic rings. The number of hydrogen-bond donors (Lipinski definition) is 1. The maximum Gasteiger partial charge on any atom is 0.262 e. The lowest BCUT2D eigenvalue weighted by atomic mass is 9.97. The van der Waals surface area contributed by atoms with Crippen molar-refractivity contribution in [3.05, 3.63) is 72.3 Å². The van der Waals surface area contributed by atoms with Gasteiger partial charge in [0.25, 0.3) is 5.91 Å². The van der Waals surface area contributed by atoms with E-state index in [1.165, 1.54) is 0 Å². The van der Waals surface area contributed by atoms with Gasteiger partial charge in [0.2, 0.25) is 0 Å². The van der Waals surface area contributed by atoms with Gasteiger partial charge in [-0.1, -0.05) is 62.4 Å². The molecule has 1 atom stereocenters. The Morgan fingerprint density at radius 3 is 2.52 bits per heavy atom. The van der Waals surface area contributed by atoms with Crippen LogP contribution < -0.4 is 10.1 Å². The summed E-state index contributed by atoms with van der Waals surface area (Å²) in [4.78, 5) is 12.3. The summed E-state index contributed by atoms with van der Waals surface area (Å²) in [5.74, 6) is 0.950. The van der Waals surface area contributed by atoms with Gasteiger partial charge < -0.3 is 10.1 Å².